The van der Waals surface area contributed by atoms with Crippen molar-refractivity contribution in [2.45, 2.75) is 27.0 Å². The third-order valence-electron chi connectivity index (χ3n) is 2.62. The van der Waals surface area contributed by atoms with Crippen LogP contribution in [0.2, 0.25) is 0 Å². The molecule has 0 saturated carbocycles. The standard InChI is InChI=1S/C15H20N2O2/c1-12(2)8-16-9-13-5-6-15(17-10-13)19-11-14-4-3-7-18-14/h3-7,10,12,16H,8-9,11H2,1-2H3. The van der Waals surface area contributed by atoms with Crippen LogP contribution < -0.4 is 10.1 Å². The Kier molecular flexibility index (Phi) is 4.98. The summed E-state index contributed by atoms with van der Waals surface area (Å²) < 4.78 is 10.7. The first-order valence-electron chi connectivity index (χ1n) is 6.55. The fourth-order valence-corrected chi connectivity index (χ4v) is 1.65. The highest BCUT2D eigenvalue weighted by atomic mass is 16.5. The van der Waals surface area contributed by atoms with Crippen molar-refractivity contribution in [2.75, 3.05) is 6.54 Å². The summed E-state index contributed by atoms with van der Waals surface area (Å²) in [7, 11) is 0. The number of hydrogen-bond acceptors (Lipinski definition) is 4. The first kappa shape index (κ1) is 13.6. The molecule has 4 heteroatoms. The molecule has 0 aliphatic heterocycles. The van der Waals surface area contributed by atoms with Gasteiger partial charge in [-0.1, -0.05) is 19.9 Å². The zero-order valence-electron chi connectivity index (χ0n) is 11.4. The summed E-state index contributed by atoms with van der Waals surface area (Å²) in [5.41, 5.74) is 1.16. The van der Waals surface area contributed by atoms with Gasteiger partial charge in [0.25, 0.3) is 0 Å². The topological polar surface area (TPSA) is 47.3 Å². The summed E-state index contributed by atoms with van der Waals surface area (Å²) in [5.74, 6) is 2.07. The Morgan fingerprint density at radius 3 is 2.84 bits per heavy atom. The Bertz CT molecular complexity index is 463. The van der Waals surface area contributed by atoms with Gasteiger partial charge in [-0.3, -0.25) is 0 Å². The van der Waals surface area contributed by atoms with E-state index in [2.05, 4.69) is 24.1 Å². The normalized spacial score (nSPS) is 10.9. The highest BCUT2D eigenvalue weighted by Crippen LogP contribution is 2.10. The van der Waals surface area contributed by atoms with Crippen LogP contribution in [0, 0.1) is 5.92 Å². The number of furan rings is 1. The van der Waals surface area contributed by atoms with Crippen molar-refractivity contribution in [3.8, 4) is 5.88 Å². The van der Waals surface area contributed by atoms with Crippen LogP contribution in [0.15, 0.2) is 41.1 Å². The first-order valence-corrected chi connectivity index (χ1v) is 6.55. The van der Waals surface area contributed by atoms with Gasteiger partial charge in [-0.05, 0) is 30.2 Å². The van der Waals surface area contributed by atoms with Gasteiger partial charge in [0, 0.05) is 18.8 Å². The Hall–Kier alpha value is -1.81. The number of rotatable bonds is 7. The first-order chi connectivity index (χ1) is 9.24. The second-order valence-electron chi connectivity index (χ2n) is 4.90. The van der Waals surface area contributed by atoms with Crippen molar-refractivity contribution in [2.24, 2.45) is 5.92 Å². The minimum absolute atomic E-state index is 0.408. The van der Waals surface area contributed by atoms with Gasteiger partial charge in [-0.25, -0.2) is 4.98 Å². The van der Waals surface area contributed by atoms with Crippen LogP contribution in [0.3, 0.4) is 0 Å². The van der Waals surface area contributed by atoms with Crippen molar-refractivity contribution in [1.29, 1.82) is 0 Å². The molecule has 0 saturated heterocycles. The fraction of sp³-hybridized carbons (Fsp3) is 0.400. The molecule has 0 aliphatic rings. The summed E-state index contributed by atoms with van der Waals surface area (Å²) in [4.78, 5) is 4.27. The monoisotopic (exact) mass is 260 g/mol. The van der Waals surface area contributed by atoms with Crippen LogP contribution in [-0.2, 0) is 13.2 Å². The van der Waals surface area contributed by atoms with Crippen molar-refractivity contribution in [3.63, 3.8) is 0 Å². The summed E-state index contributed by atoms with van der Waals surface area (Å²) in [5, 5.41) is 3.38. The van der Waals surface area contributed by atoms with Crippen LogP contribution in [-0.4, -0.2) is 11.5 Å². The molecular weight excluding hydrogens is 240 g/mol. The van der Waals surface area contributed by atoms with Crippen molar-refractivity contribution < 1.29 is 9.15 Å². The van der Waals surface area contributed by atoms with E-state index in [1.54, 1.807) is 6.26 Å². The van der Waals surface area contributed by atoms with Crippen molar-refractivity contribution in [3.05, 3.63) is 48.0 Å². The van der Waals surface area contributed by atoms with Gasteiger partial charge in [0.05, 0.1) is 6.26 Å². The van der Waals surface area contributed by atoms with Gasteiger partial charge >= 0.3 is 0 Å². The predicted octanol–water partition coefficient (Wildman–Crippen LogP) is 3.00. The average molecular weight is 260 g/mol. The largest absolute Gasteiger partial charge is 0.469 e. The average Bonchev–Trinajstić information content (AvgIpc) is 2.90. The second-order valence-corrected chi connectivity index (χ2v) is 4.90. The third kappa shape index (κ3) is 4.75. The molecule has 0 unspecified atom stereocenters. The smallest absolute Gasteiger partial charge is 0.213 e. The van der Waals surface area contributed by atoms with E-state index in [0.717, 1.165) is 24.4 Å². The lowest BCUT2D eigenvalue weighted by Crippen LogP contribution is -2.18. The molecule has 1 N–H and O–H groups in total. The number of hydrogen-bond donors (Lipinski definition) is 1. The molecule has 0 aromatic carbocycles. The zero-order chi connectivity index (χ0) is 13.5. The van der Waals surface area contributed by atoms with Crippen LogP contribution >= 0.6 is 0 Å². The lowest BCUT2D eigenvalue weighted by Gasteiger charge is -2.08. The molecule has 0 spiro atoms. The quantitative estimate of drug-likeness (QED) is 0.831. The molecule has 19 heavy (non-hydrogen) atoms. The van der Waals surface area contributed by atoms with E-state index >= 15 is 0 Å². The van der Waals surface area contributed by atoms with E-state index in [1.807, 2.05) is 30.5 Å². The third-order valence-corrected chi connectivity index (χ3v) is 2.62. The van der Waals surface area contributed by atoms with Gasteiger partial charge in [0.2, 0.25) is 5.88 Å². The molecule has 2 aromatic rings. The van der Waals surface area contributed by atoms with Gasteiger partial charge < -0.3 is 14.5 Å². The van der Waals surface area contributed by atoms with E-state index in [0.29, 0.717) is 18.4 Å². The van der Waals surface area contributed by atoms with Crippen molar-refractivity contribution >= 4 is 0 Å². The molecule has 2 heterocycles. The number of ether oxygens (including phenoxy) is 1. The number of pyridine rings is 1. The molecular formula is C15H20N2O2. The second kappa shape index (κ2) is 6.95. The van der Waals surface area contributed by atoms with Crippen LogP contribution in [0.1, 0.15) is 25.2 Å². The molecule has 0 bridgehead atoms. The van der Waals surface area contributed by atoms with Gasteiger partial charge in [-0.2, -0.15) is 0 Å². The maximum atomic E-state index is 5.52. The maximum absolute atomic E-state index is 5.52. The summed E-state index contributed by atoms with van der Waals surface area (Å²) >= 11 is 0. The SMILES string of the molecule is CC(C)CNCc1ccc(OCc2ccco2)nc1. The molecule has 2 rings (SSSR count). The molecule has 0 atom stereocenters. The molecule has 0 fully saturated rings. The number of nitrogens with one attached hydrogen (secondary N) is 1. The highest BCUT2D eigenvalue weighted by Gasteiger charge is 2.00. The van der Waals surface area contributed by atoms with E-state index in [4.69, 9.17) is 9.15 Å². The predicted molar refractivity (Wildman–Crippen MR) is 73.8 cm³/mol. The van der Waals surface area contributed by atoms with Gasteiger partial charge in [0.15, 0.2) is 0 Å². The lowest BCUT2D eigenvalue weighted by atomic mass is 10.2. The number of nitrogens with zero attached hydrogens (tertiary/aromatic N) is 1. The fourth-order valence-electron chi connectivity index (χ4n) is 1.65. The van der Waals surface area contributed by atoms with Gasteiger partial charge in [0.1, 0.15) is 12.4 Å². The van der Waals surface area contributed by atoms with Crippen LogP contribution in [0.4, 0.5) is 0 Å². The summed E-state index contributed by atoms with van der Waals surface area (Å²) in [6.45, 7) is 6.64. The highest BCUT2D eigenvalue weighted by molar-refractivity contribution is 5.18. The van der Waals surface area contributed by atoms with Crippen molar-refractivity contribution in [1.82, 2.24) is 10.3 Å². The zero-order valence-corrected chi connectivity index (χ0v) is 11.4. The number of aromatic nitrogens is 1. The van der Waals surface area contributed by atoms with E-state index in [1.165, 1.54) is 0 Å². The van der Waals surface area contributed by atoms with Gasteiger partial charge in [-0.15, -0.1) is 0 Å². The summed E-state index contributed by atoms with van der Waals surface area (Å²) in [6.07, 6.45) is 3.47. The molecule has 2 aromatic heterocycles. The van der Waals surface area contributed by atoms with Crippen LogP contribution in [0.25, 0.3) is 0 Å². The Morgan fingerprint density at radius 1 is 1.32 bits per heavy atom. The molecule has 0 radical (unpaired) electrons. The van der Waals surface area contributed by atoms with E-state index in [-0.39, 0.29) is 0 Å². The van der Waals surface area contributed by atoms with E-state index in [9.17, 15) is 0 Å². The lowest BCUT2D eigenvalue weighted by molar-refractivity contribution is 0.260. The minimum atomic E-state index is 0.408. The molecule has 0 amide bonds. The molecule has 102 valence electrons. The minimum Gasteiger partial charge on any atom is -0.469 e. The Labute approximate surface area is 113 Å². The molecule has 0 aliphatic carbocycles. The summed E-state index contributed by atoms with van der Waals surface area (Å²) in [6, 6.07) is 7.63. The molecule has 4 nitrogen and oxygen atoms in total. The van der Waals surface area contributed by atoms with E-state index < -0.39 is 0 Å². The maximum Gasteiger partial charge on any atom is 0.213 e. The Balaban J connectivity index is 1.77. The van der Waals surface area contributed by atoms with Crippen LogP contribution in [0.5, 0.6) is 5.88 Å². The Morgan fingerprint density at radius 2 is 2.21 bits per heavy atom.